The van der Waals surface area contributed by atoms with Gasteiger partial charge in [0.15, 0.2) is 11.6 Å². The normalized spacial score (nSPS) is 9.91. The Morgan fingerprint density at radius 1 is 1.27 bits per heavy atom. The lowest BCUT2D eigenvalue weighted by molar-refractivity contribution is -0.116. The molecule has 0 saturated carbocycles. The molecule has 0 heterocycles. The van der Waals surface area contributed by atoms with Crippen LogP contribution in [0.5, 0.6) is 0 Å². The molecule has 0 aliphatic carbocycles. The maximum absolute atomic E-state index is 10.8. The standard InChI is InChI=1S/C9H12O2/c1-3-5-9(11)7-6-8(10)4-2/h3,6-7H,1,4-5H2,2H3/b7-6-. The summed E-state index contributed by atoms with van der Waals surface area (Å²) in [4.78, 5) is 21.4. The summed E-state index contributed by atoms with van der Waals surface area (Å²) in [7, 11) is 0. The van der Waals surface area contributed by atoms with E-state index in [-0.39, 0.29) is 11.6 Å². The zero-order chi connectivity index (χ0) is 8.69. The van der Waals surface area contributed by atoms with E-state index in [0.717, 1.165) is 0 Å². The van der Waals surface area contributed by atoms with Gasteiger partial charge >= 0.3 is 0 Å². The molecule has 60 valence electrons. The lowest BCUT2D eigenvalue weighted by atomic mass is 10.2. The average molecular weight is 152 g/mol. The molecule has 0 aromatic carbocycles. The number of rotatable bonds is 5. The van der Waals surface area contributed by atoms with E-state index in [0.29, 0.717) is 12.8 Å². The molecule has 2 nitrogen and oxygen atoms in total. The highest BCUT2D eigenvalue weighted by Crippen LogP contribution is 1.88. The van der Waals surface area contributed by atoms with Gasteiger partial charge in [-0.15, -0.1) is 6.58 Å². The molecule has 0 radical (unpaired) electrons. The first kappa shape index (κ1) is 9.82. The van der Waals surface area contributed by atoms with E-state index in [2.05, 4.69) is 6.58 Å². The Balaban J connectivity index is 3.82. The Morgan fingerprint density at radius 2 is 1.82 bits per heavy atom. The third-order valence-corrected chi connectivity index (χ3v) is 1.15. The first-order chi connectivity index (χ1) is 5.20. The molecule has 11 heavy (non-hydrogen) atoms. The van der Waals surface area contributed by atoms with Gasteiger partial charge in [-0.25, -0.2) is 0 Å². The number of carbonyl (C=O) groups excluding carboxylic acids is 2. The van der Waals surface area contributed by atoms with Gasteiger partial charge in [-0.3, -0.25) is 9.59 Å². The van der Waals surface area contributed by atoms with Crippen molar-refractivity contribution < 1.29 is 9.59 Å². The summed E-state index contributed by atoms with van der Waals surface area (Å²) in [5.74, 6) is -0.107. The van der Waals surface area contributed by atoms with E-state index in [9.17, 15) is 9.59 Å². The summed E-state index contributed by atoms with van der Waals surface area (Å²) in [6.45, 7) is 5.16. The predicted molar refractivity (Wildman–Crippen MR) is 44.3 cm³/mol. The van der Waals surface area contributed by atoms with Gasteiger partial charge in [-0.1, -0.05) is 13.0 Å². The van der Waals surface area contributed by atoms with E-state index in [1.807, 2.05) is 0 Å². The second-order valence-electron chi connectivity index (χ2n) is 2.11. The van der Waals surface area contributed by atoms with Crippen LogP contribution in [-0.2, 0) is 9.59 Å². The van der Waals surface area contributed by atoms with Crippen LogP contribution in [0.25, 0.3) is 0 Å². The molecule has 0 bridgehead atoms. The molecule has 0 rings (SSSR count). The lowest BCUT2D eigenvalue weighted by Crippen LogP contribution is -1.93. The Bertz CT molecular complexity index is 190. The molecule has 0 atom stereocenters. The number of carbonyl (C=O) groups is 2. The second-order valence-corrected chi connectivity index (χ2v) is 2.11. The Labute approximate surface area is 66.6 Å². The molecule has 0 spiro atoms. The summed E-state index contributed by atoms with van der Waals surface area (Å²) in [5.41, 5.74) is 0. The first-order valence-corrected chi connectivity index (χ1v) is 3.55. The van der Waals surface area contributed by atoms with Crippen LogP contribution in [0.1, 0.15) is 19.8 Å². The Kier molecular flexibility index (Phi) is 4.99. The Morgan fingerprint density at radius 3 is 2.27 bits per heavy atom. The van der Waals surface area contributed by atoms with Gasteiger partial charge < -0.3 is 0 Å². The van der Waals surface area contributed by atoms with E-state index in [1.54, 1.807) is 6.92 Å². The molecule has 0 amide bonds. The predicted octanol–water partition coefficient (Wildman–Crippen LogP) is 1.67. The van der Waals surface area contributed by atoms with Gasteiger partial charge in [0, 0.05) is 12.8 Å². The third-order valence-electron chi connectivity index (χ3n) is 1.15. The molecule has 0 unspecified atom stereocenters. The van der Waals surface area contributed by atoms with Crippen molar-refractivity contribution in [3.05, 3.63) is 24.8 Å². The maximum Gasteiger partial charge on any atom is 0.159 e. The highest BCUT2D eigenvalue weighted by molar-refractivity contribution is 5.98. The highest BCUT2D eigenvalue weighted by atomic mass is 16.1. The number of hydrogen-bond acceptors (Lipinski definition) is 2. The molecule has 0 aromatic heterocycles. The van der Waals surface area contributed by atoms with Crippen molar-refractivity contribution in [3.63, 3.8) is 0 Å². The van der Waals surface area contributed by atoms with Gasteiger partial charge in [-0.2, -0.15) is 0 Å². The van der Waals surface area contributed by atoms with Crippen molar-refractivity contribution in [1.82, 2.24) is 0 Å². The fourth-order valence-electron chi connectivity index (χ4n) is 0.514. The quantitative estimate of drug-likeness (QED) is 0.443. The maximum atomic E-state index is 10.8. The van der Waals surface area contributed by atoms with Crippen molar-refractivity contribution in [3.8, 4) is 0 Å². The minimum absolute atomic E-state index is 0.0255. The monoisotopic (exact) mass is 152 g/mol. The van der Waals surface area contributed by atoms with Gasteiger partial charge in [0.2, 0.25) is 0 Å². The zero-order valence-corrected chi connectivity index (χ0v) is 6.67. The van der Waals surface area contributed by atoms with Gasteiger partial charge in [0.25, 0.3) is 0 Å². The van der Waals surface area contributed by atoms with Gasteiger partial charge in [0.1, 0.15) is 0 Å². The summed E-state index contributed by atoms with van der Waals surface area (Å²) in [5, 5.41) is 0. The van der Waals surface area contributed by atoms with E-state index < -0.39 is 0 Å². The minimum Gasteiger partial charge on any atom is -0.295 e. The molecular formula is C9H12O2. The average Bonchev–Trinajstić information content (AvgIpc) is 2.01. The molecule has 2 heteroatoms. The van der Waals surface area contributed by atoms with Crippen molar-refractivity contribution in [1.29, 1.82) is 0 Å². The molecule has 0 aliphatic heterocycles. The SMILES string of the molecule is C=CCC(=O)/C=C\C(=O)CC. The van der Waals surface area contributed by atoms with Crippen molar-refractivity contribution >= 4 is 11.6 Å². The van der Waals surface area contributed by atoms with Crippen LogP contribution in [0.4, 0.5) is 0 Å². The number of ketones is 2. The molecule has 0 saturated heterocycles. The first-order valence-electron chi connectivity index (χ1n) is 3.55. The van der Waals surface area contributed by atoms with Crippen LogP contribution in [0.3, 0.4) is 0 Å². The highest BCUT2D eigenvalue weighted by Gasteiger charge is 1.93. The summed E-state index contributed by atoms with van der Waals surface area (Å²) < 4.78 is 0. The van der Waals surface area contributed by atoms with Crippen LogP contribution >= 0.6 is 0 Å². The van der Waals surface area contributed by atoms with E-state index in [1.165, 1.54) is 18.2 Å². The second kappa shape index (κ2) is 5.59. The minimum atomic E-state index is -0.0817. The topological polar surface area (TPSA) is 34.1 Å². The molecule has 0 fully saturated rings. The van der Waals surface area contributed by atoms with Crippen LogP contribution in [0.15, 0.2) is 24.8 Å². The van der Waals surface area contributed by atoms with Crippen molar-refractivity contribution in [2.75, 3.05) is 0 Å². The fraction of sp³-hybridized carbons (Fsp3) is 0.333. The van der Waals surface area contributed by atoms with Crippen LogP contribution < -0.4 is 0 Å². The van der Waals surface area contributed by atoms with Gasteiger partial charge in [0.05, 0.1) is 0 Å². The summed E-state index contributed by atoms with van der Waals surface area (Å²) >= 11 is 0. The largest absolute Gasteiger partial charge is 0.295 e. The molecular weight excluding hydrogens is 140 g/mol. The zero-order valence-electron chi connectivity index (χ0n) is 6.67. The number of hydrogen-bond donors (Lipinski definition) is 0. The van der Waals surface area contributed by atoms with Crippen molar-refractivity contribution in [2.24, 2.45) is 0 Å². The smallest absolute Gasteiger partial charge is 0.159 e. The van der Waals surface area contributed by atoms with Gasteiger partial charge in [-0.05, 0) is 12.2 Å². The Hall–Kier alpha value is -1.18. The van der Waals surface area contributed by atoms with Crippen LogP contribution in [0.2, 0.25) is 0 Å². The fourth-order valence-corrected chi connectivity index (χ4v) is 0.514. The molecule has 0 aliphatic rings. The summed E-state index contributed by atoms with van der Waals surface area (Å²) in [6, 6.07) is 0. The molecule has 0 aromatic rings. The van der Waals surface area contributed by atoms with Crippen LogP contribution in [-0.4, -0.2) is 11.6 Å². The van der Waals surface area contributed by atoms with Crippen LogP contribution in [0, 0.1) is 0 Å². The van der Waals surface area contributed by atoms with E-state index >= 15 is 0 Å². The lowest BCUT2D eigenvalue weighted by Gasteiger charge is -1.85. The van der Waals surface area contributed by atoms with E-state index in [4.69, 9.17) is 0 Å². The third kappa shape index (κ3) is 5.27. The number of allylic oxidation sites excluding steroid dienone is 3. The molecule has 0 N–H and O–H groups in total. The van der Waals surface area contributed by atoms with Crippen molar-refractivity contribution in [2.45, 2.75) is 19.8 Å². The summed E-state index contributed by atoms with van der Waals surface area (Å²) in [6.07, 6.45) is 4.87.